The lowest BCUT2D eigenvalue weighted by Crippen LogP contribution is -2.24. The van der Waals surface area contributed by atoms with Crippen molar-refractivity contribution in [3.05, 3.63) is 21.2 Å². The quantitative estimate of drug-likeness (QED) is 0.728. The Bertz CT molecular complexity index is 460. The summed E-state index contributed by atoms with van der Waals surface area (Å²) in [5.74, 6) is -1.49. The van der Waals surface area contributed by atoms with Crippen LogP contribution < -0.4 is 5.32 Å². The third kappa shape index (κ3) is 3.45. The van der Waals surface area contributed by atoms with Gasteiger partial charge in [0.2, 0.25) is 0 Å². The van der Waals surface area contributed by atoms with E-state index in [2.05, 4.69) is 12.2 Å². The van der Waals surface area contributed by atoms with Crippen LogP contribution in [0.2, 0.25) is 10.0 Å². The number of phenolic OH excluding ortho intramolecular Hbond substituents is 2. The van der Waals surface area contributed by atoms with Crippen molar-refractivity contribution >= 4 is 29.1 Å². The molecule has 1 aromatic carbocycles. The van der Waals surface area contributed by atoms with E-state index < -0.39 is 17.4 Å². The monoisotopic (exact) mass is 305 g/mol. The first-order chi connectivity index (χ1) is 8.91. The van der Waals surface area contributed by atoms with Gasteiger partial charge in [-0.1, -0.05) is 43.0 Å². The Kier molecular flexibility index (Phi) is 5.76. The summed E-state index contributed by atoms with van der Waals surface area (Å²) in [6.07, 6.45) is 2.86. The highest BCUT2D eigenvalue weighted by molar-refractivity contribution is 6.38. The molecule has 0 saturated heterocycles. The SMILES string of the molecule is CCCCCNC(=O)c1c(O)c(Cl)c(C)c(Cl)c1O. The molecule has 0 aliphatic carbocycles. The van der Waals surface area contributed by atoms with Crippen LogP contribution in [0.1, 0.15) is 42.1 Å². The number of unbranched alkanes of at least 4 members (excludes halogenated alkanes) is 2. The Labute approximate surface area is 122 Å². The number of hydrogen-bond donors (Lipinski definition) is 3. The van der Waals surface area contributed by atoms with Gasteiger partial charge in [0.15, 0.2) is 11.5 Å². The maximum absolute atomic E-state index is 11.9. The number of rotatable bonds is 5. The number of nitrogens with one attached hydrogen (secondary N) is 1. The molecule has 4 nitrogen and oxygen atoms in total. The molecule has 0 bridgehead atoms. The average Bonchev–Trinajstić information content (AvgIpc) is 2.39. The van der Waals surface area contributed by atoms with Gasteiger partial charge in [0, 0.05) is 6.54 Å². The molecule has 0 atom stereocenters. The minimum absolute atomic E-state index is 0.0264. The van der Waals surface area contributed by atoms with Crippen molar-refractivity contribution in [2.75, 3.05) is 6.54 Å². The van der Waals surface area contributed by atoms with Crippen molar-refractivity contribution in [1.82, 2.24) is 5.32 Å². The van der Waals surface area contributed by atoms with Crippen molar-refractivity contribution in [1.29, 1.82) is 0 Å². The zero-order chi connectivity index (χ0) is 14.6. The van der Waals surface area contributed by atoms with Crippen LogP contribution in [0.5, 0.6) is 11.5 Å². The first kappa shape index (κ1) is 15.9. The molecule has 106 valence electrons. The first-order valence-electron chi connectivity index (χ1n) is 6.09. The smallest absolute Gasteiger partial charge is 0.258 e. The lowest BCUT2D eigenvalue weighted by molar-refractivity contribution is 0.0947. The molecular weight excluding hydrogens is 289 g/mol. The van der Waals surface area contributed by atoms with Gasteiger partial charge in [-0.15, -0.1) is 0 Å². The minimum atomic E-state index is -0.588. The summed E-state index contributed by atoms with van der Waals surface area (Å²) in [6.45, 7) is 4.07. The van der Waals surface area contributed by atoms with Crippen LogP contribution in [0, 0.1) is 6.92 Å². The van der Waals surface area contributed by atoms with Gasteiger partial charge in [-0.3, -0.25) is 4.79 Å². The molecule has 0 spiro atoms. The number of halogens is 2. The Morgan fingerprint density at radius 2 is 1.68 bits per heavy atom. The summed E-state index contributed by atoms with van der Waals surface area (Å²) in [5.41, 5.74) is 0.0537. The molecule has 6 heteroatoms. The summed E-state index contributed by atoms with van der Waals surface area (Å²) in [7, 11) is 0. The topological polar surface area (TPSA) is 69.6 Å². The van der Waals surface area contributed by atoms with E-state index in [0.717, 1.165) is 19.3 Å². The summed E-state index contributed by atoms with van der Waals surface area (Å²) >= 11 is 11.7. The number of aromatic hydroxyl groups is 2. The zero-order valence-electron chi connectivity index (χ0n) is 10.9. The van der Waals surface area contributed by atoms with E-state index >= 15 is 0 Å². The van der Waals surface area contributed by atoms with Gasteiger partial charge in [-0.25, -0.2) is 0 Å². The highest BCUT2D eigenvalue weighted by atomic mass is 35.5. The van der Waals surface area contributed by atoms with E-state index in [1.54, 1.807) is 6.92 Å². The standard InChI is InChI=1S/C13H17Cl2NO3/c1-3-4-5-6-16-13(19)8-11(17)9(14)7(2)10(15)12(8)18/h17-18H,3-6H2,1-2H3,(H,16,19). The Morgan fingerprint density at radius 3 is 2.16 bits per heavy atom. The second kappa shape index (κ2) is 6.87. The average molecular weight is 306 g/mol. The van der Waals surface area contributed by atoms with E-state index in [0.29, 0.717) is 12.1 Å². The number of hydrogen-bond acceptors (Lipinski definition) is 3. The lowest BCUT2D eigenvalue weighted by Gasteiger charge is -2.13. The number of carbonyl (C=O) groups excluding carboxylic acids is 1. The number of carbonyl (C=O) groups is 1. The van der Waals surface area contributed by atoms with E-state index in [1.807, 2.05) is 0 Å². The van der Waals surface area contributed by atoms with Crippen molar-refractivity contribution in [3.8, 4) is 11.5 Å². The summed E-state index contributed by atoms with van der Waals surface area (Å²) < 4.78 is 0. The van der Waals surface area contributed by atoms with E-state index in [9.17, 15) is 15.0 Å². The van der Waals surface area contributed by atoms with Gasteiger partial charge in [0.25, 0.3) is 5.91 Å². The van der Waals surface area contributed by atoms with Crippen LogP contribution in [-0.4, -0.2) is 22.7 Å². The minimum Gasteiger partial charge on any atom is -0.505 e. The van der Waals surface area contributed by atoms with Gasteiger partial charge in [0.1, 0.15) is 5.56 Å². The fourth-order valence-electron chi connectivity index (χ4n) is 1.66. The zero-order valence-corrected chi connectivity index (χ0v) is 12.4. The second-order valence-corrected chi connectivity index (χ2v) is 5.04. The maximum Gasteiger partial charge on any atom is 0.258 e. The Morgan fingerprint density at radius 1 is 1.16 bits per heavy atom. The van der Waals surface area contributed by atoms with Crippen LogP contribution in [0.3, 0.4) is 0 Å². The van der Waals surface area contributed by atoms with Crippen molar-refractivity contribution in [2.24, 2.45) is 0 Å². The third-order valence-electron chi connectivity index (χ3n) is 2.84. The highest BCUT2D eigenvalue weighted by Crippen LogP contribution is 2.42. The Balaban J connectivity index is 2.97. The highest BCUT2D eigenvalue weighted by Gasteiger charge is 2.24. The molecule has 3 N–H and O–H groups in total. The molecule has 0 heterocycles. The molecule has 0 aliphatic heterocycles. The van der Waals surface area contributed by atoms with Crippen molar-refractivity contribution in [3.63, 3.8) is 0 Å². The normalized spacial score (nSPS) is 10.5. The fraction of sp³-hybridized carbons (Fsp3) is 0.462. The summed E-state index contributed by atoms with van der Waals surface area (Å²) in [5, 5.41) is 22.3. The first-order valence-corrected chi connectivity index (χ1v) is 6.85. The van der Waals surface area contributed by atoms with Crippen molar-refractivity contribution in [2.45, 2.75) is 33.1 Å². The summed E-state index contributed by atoms with van der Waals surface area (Å²) in [4.78, 5) is 11.9. The fourth-order valence-corrected chi connectivity index (χ4v) is 2.09. The van der Waals surface area contributed by atoms with E-state index in [4.69, 9.17) is 23.2 Å². The van der Waals surface area contributed by atoms with Gasteiger partial charge in [-0.2, -0.15) is 0 Å². The number of amides is 1. The molecule has 0 radical (unpaired) electrons. The molecule has 1 rings (SSSR count). The molecule has 0 saturated carbocycles. The molecule has 1 aromatic rings. The van der Waals surface area contributed by atoms with Crippen LogP contribution in [-0.2, 0) is 0 Å². The third-order valence-corrected chi connectivity index (χ3v) is 3.77. The van der Waals surface area contributed by atoms with Crippen molar-refractivity contribution < 1.29 is 15.0 Å². The maximum atomic E-state index is 11.9. The predicted molar refractivity (Wildman–Crippen MR) is 76.4 cm³/mol. The molecular formula is C13H17Cl2NO3. The molecule has 0 aromatic heterocycles. The van der Waals surface area contributed by atoms with Crippen LogP contribution in [0.25, 0.3) is 0 Å². The van der Waals surface area contributed by atoms with Gasteiger partial charge >= 0.3 is 0 Å². The largest absolute Gasteiger partial charge is 0.505 e. The van der Waals surface area contributed by atoms with Crippen LogP contribution in [0.4, 0.5) is 0 Å². The number of phenols is 2. The molecule has 0 unspecified atom stereocenters. The molecule has 0 aliphatic rings. The second-order valence-electron chi connectivity index (χ2n) is 4.29. The molecule has 19 heavy (non-hydrogen) atoms. The van der Waals surface area contributed by atoms with E-state index in [-0.39, 0.29) is 15.6 Å². The molecule has 1 amide bonds. The van der Waals surface area contributed by atoms with Crippen LogP contribution in [0.15, 0.2) is 0 Å². The van der Waals surface area contributed by atoms with Crippen LogP contribution >= 0.6 is 23.2 Å². The van der Waals surface area contributed by atoms with Gasteiger partial charge in [0.05, 0.1) is 10.0 Å². The molecule has 0 fully saturated rings. The van der Waals surface area contributed by atoms with Gasteiger partial charge in [-0.05, 0) is 18.9 Å². The lowest BCUT2D eigenvalue weighted by atomic mass is 10.1. The number of benzene rings is 1. The Hall–Kier alpha value is -1.13. The van der Waals surface area contributed by atoms with E-state index in [1.165, 1.54) is 0 Å². The predicted octanol–water partition coefficient (Wildman–Crippen LogP) is 3.63. The summed E-state index contributed by atoms with van der Waals surface area (Å²) in [6, 6.07) is 0. The van der Waals surface area contributed by atoms with Gasteiger partial charge < -0.3 is 15.5 Å².